The standard InChI is InChI=1S/C13H25NO2/c1-10(2)14(9-11-5-6-11)8-7-13(3,4)12(15)16/h10-11H,5-9H2,1-4H3,(H,15,16). The highest BCUT2D eigenvalue weighted by molar-refractivity contribution is 5.73. The van der Waals surface area contributed by atoms with E-state index in [0.717, 1.165) is 25.4 Å². The topological polar surface area (TPSA) is 40.5 Å². The molecular formula is C13H25NO2. The summed E-state index contributed by atoms with van der Waals surface area (Å²) in [7, 11) is 0. The van der Waals surface area contributed by atoms with Crippen LogP contribution in [0.25, 0.3) is 0 Å². The maximum absolute atomic E-state index is 11.0. The average molecular weight is 227 g/mol. The predicted octanol–water partition coefficient (Wildman–Crippen LogP) is 2.61. The van der Waals surface area contributed by atoms with E-state index in [4.69, 9.17) is 5.11 Å². The third-order valence-corrected chi connectivity index (χ3v) is 3.52. The van der Waals surface area contributed by atoms with E-state index in [2.05, 4.69) is 18.7 Å². The van der Waals surface area contributed by atoms with E-state index >= 15 is 0 Å². The molecule has 0 radical (unpaired) electrons. The third-order valence-electron chi connectivity index (χ3n) is 3.52. The summed E-state index contributed by atoms with van der Waals surface area (Å²) in [5.41, 5.74) is -0.601. The van der Waals surface area contributed by atoms with Gasteiger partial charge in [0.2, 0.25) is 0 Å². The second kappa shape index (κ2) is 5.17. The minimum atomic E-state index is -0.692. The molecule has 1 aliphatic carbocycles. The van der Waals surface area contributed by atoms with Gasteiger partial charge in [-0.15, -0.1) is 0 Å². The fourth-order valence-electron chi connectivity index (χ4n) is 1.72. The summed E-state index contributed by atoms with van der Waals surface area (Å²) in [6.07, 6.45) is 3.43. The van der Waals surface area contributed by atoms with Crippen molar-refractivity contribution in [3.05, 3.63) is 0 Å². The molecule has 1 aliphatic rings. The number of hydrogen-bond donors (Lipinski definition) is 1. The molecule has 0 saturated heterocycles. The zero-order chi connectivity index (χ0) is 12.3. The molecule has 0 aliphatic heterocycles. The van der Waals surface area contributed by atoms with Gasteiger partial charge in [0.15, 0.2) is 0 Å². The number of hydrogen-bond acceptors (Lipinski definition) is 2. The Morgan fingerprint density at radius 3 is 2.38 bits per heavy atom. The van der Waals surface area contributed by atoms with Crippen LogP contribution in [0.4, 0.5) is 0 Å². The SMILES string of the molecule is CC(C)N(CCC(C)(C)C(=O)O)CC1CC1. The molecule has 0 aromatic rings. The van der Waals surface area contributed by atoms with Crippen LogP contribution in [-0.4, -0.2) is 35.1 Å². The Morgan fingerprint density at radius 1 is 1.44 bits per heavy atom. The number of carboxylic acid groups (broad SMARTS) is 1. The highest BCUT2D eigenvalue weighted by atomic mass is 16.4. The van der Waals surface area contributed by atoms with Gasteiger partial charge < -0.3 is 10.0 Å². The van der Waals surface area contributed by atoms with E-state index < -0.39 is 11.4 Å². The summed E-state index contributed by atoms with van der Waals surface area (Å²) in [4.78, 5) is 13.4. The molecule has 0 spiro atoms. The second-order valence-corrected chi connectivity index (χ2v) is 5.97. The Kier molecular flexibility index (Phi) is 4.36. The van der Waals surface area contributed by atoms with E-state index in [1.54, 1.807) is 0 Å². The van der Waals surface area contributed by atoms with Gasteiger partial charge in [-0.05, 0) is 59.4 Å². The summed E-state index contributed by atoms with van der Waals surface area (Å²) >= 11 is 0. The van der Waals surface area contributed by atoms with Crippen molar-refractivity contribution in [1.29, 1.82) is 0 Å². The molecule has 1 rings (SSSR count). The summed E-state index contributed by atoms with van der Waals surface area (Å²) in [6, 6.07) is 0.519. The van der Waals surface area contributed by atoms with Gasteiger partial charge in [-0.2, -0.15) is 0 Å². The minimum Gasteiger partial charge on any atom is -0.481 e. The molecule has 3 nitrogen and oxygen atoms in total. The van der Waals surface area contributed by atoms with E-state index in [9.17, 15) is 4.79 Å². The lowest BCUT2D eigenvalue weighted by atomic mass is 9.89. The first kappa shape index (κ1) is 13.5. The zero-order valence-electron chi connectivity index (χ0n) is 11.0. The Morgan fingerprint density at radius 2 is 2.00 bits per heavy atom. The van der Waals surface area contributed by atoms with Crippen LogP contribution in [0, 0.1) is 11.3 Å². The van der Waals surface area contributed by atoms with Crippen LogP contribution in [0.15, 0.2) is 0 Å². The van der Waals surface area contributed by atoms with Crippen molar-refractivity contribution >= 4 is 5.97 Å². The van der Waals surface area contributed by atoms with Crippen LogP contribution in [0.1, 0.15) is 47.0 Å². The molecule has 0 heterocycles. The van der Waals surface area contributed by atoms with Gasteiger partial charge in [0.05, 0.1) is 5.41 Å². The third kappa shape index (κ3) is 4.12. The summed E-state index contributed by atoms with van der Waals surface area (Å²) in [5, 5.41) is 9.07. The summed E-state index contributed by atoms with van der Waals surface area (Å²) in [5.74, 6) is 0.179. The molecule has 1 fully saturated rings. The van der Waals surface area contributed by atoms with Crippen molar-refractivity contribution in [3.63, 3.8) is 0 Å². The Labute approximate surface area is 98.8 Å². The van der Waals surface area contributed by atoms with Crippen molar-refractivity contribution in [2.24, 2.45) is 11.3 Å². The molecule has 1 saturated carbocycles. The van der Waals surface area contributed by atoms with E-state index in [1.807, 2.05) is 13.8 Å². The molecule has 0 unspecified atom stereocenters. The van der Waals surface area contributed by atoms with Gasteiger partial charge in [-0.1, -0.05) is 0 Å². The number of carboxylic acids is 1. The number of carbonyl (C=O) groups is 1. The lowest BCUT2D eigenvalue weighted by Crippen LogP contribution is -2.37. The van der Waals surface area contributed by atoms with Crippen molar-refractivity contribution < 1.29 is 9.90 Å². The van der Waals surface area contributed by atoms with E-state index in [-0.39, 0.29) is 0 Å². The Bertz CT molecular complexity index is 244. The van der Waals surface area contributed by atoms with Crippen LogP contribution >= 0.6 is 0 Å². The molecule has 0 bridgehead atoms. The van der Waals surface area contributed by atoms with E-state index in [0.29, 0.717) is 6.04 Å². The second-order valence-electron chi connectivity index (χ2n) is 5.97. The smallest absolute Gasteiger partial charge is 0.309 e. The van der Waals surface area contributed by atoms with E-state index in [1.165, 1.54) is 12.8 Å². The van der Waals surface area contributed by atoms with Crippen LogP contribution in [-0.2, 0) is 4.79 Å². The fraction of sp³-hybridized carbons (Fsp3) is 0.923. The summed E-state index contributed by atoms with van der Waals surface area (Å²) < 4.78 is 0. The van der Waals surface area contributed by atoms with Crippen LogP contribution in [0.5, 0.6) is 0 Å². The quantitative estimate of drug-likeness (QED) is 0.727. The molecule has 1 N–H and O–H groups in total. The number of aliphatic carboxylic acids is 1. The van der Waals surface area contributed by atoms with Gasteiger partial charge in [-0.3, -0.25) is 4.79 Å². The molecule has 0 aromatic heterocycles. The first-order valence-electron chi connectivity index (χ1n) is 6.30. The maximum atomic E-state index is 11.0. The van der Waals surface area contributed by atoms with Gasteiger partial charge in [-0.25, -0.2) is 0 Å². The molecule has 0 atom stereocenters. The molecule has 0 amide bonds. The Balaban J connectivity index is 2.39. The normalized spacial score (nSPS) is 17.1. The van der Waals surface area contributed by atoms with Crippen LogP contribution in [0.2, 0.25) is 0 Å². The van der Waals surface area contributed by atoms with Crippen molar-refractivity contribution in [3.8, 4) is 0 Å². The maximum Gasteiger partial charge on any atom is 0.309 e. The first-order valence-corrected chi connectivity index (χ1v) is 6.30. The highest BCUT2D eigenvalue weighted by Crippen LogP contribution is 2.31. The predicted molar refractivity (Wildman–Crippen MR) is 65.5 cm³/mol. The monoisotopic (exact) mass is 227 g/mol. The molecular weight excluding hydrogens is 202 g/mol. The zero-order valence-corrected chi connectivity index (χ0v) is 11.0. The van der Waals surface area contributed by atoms with Gasteiger partial charge >= 0.3 is 5.97 Å². The highest BCUT2D eigenvalue weighted by Gasteiger charge is 2.30. The number of rotatable bonds is 7. The lowest BCUT2D eigenvalue weighted by Gasteiger charge is -2.29. The van der Waals surface area contributed by atoms with Gasteiger partial charge in [0.25, 0.3) is 0 Å². The molecule has 3 heteroatoms. The van der Waals surface area contributed by atoms with Crippen molar-refractivity contribution in [1.82, 2.24) is 4.90 Å². The molecule has 16 heavy (non-hydrogen) atoms. The Hall–Kier alpha value is -0.570. The van der Waals surface area contributed by atoms with Crippen molar-refractivity contribution in [2.75, 3.05) is 13.1 Å². The fourth-order valence-corrected chi connectivity index (χ4v) is 1.72. The van der Waals surface area contributed by atoms with Gasteiger partial charge in [0.1, 0.15) is 0 Å². The first-order chi connectivity index (χ1) is 7.33. The average Bonchev–Trinajstić information content (AvgIpc) is 2.94. The largest absolute Gasteiger partial charge is 0.481 e. The summed E-state index contributed by atoms with van der Waals surface area (Å²) in [6.45, 7) is 10.0. The lowest BCUT2D eigenvalue weighted by molar-refractivity contribution is -0.147. The van der Waals surface area contributed by atoms with Crippen LogP contribution < -0.4 is 0 Å². The molecule has 0 aromatic carbocycles. The van der Waals surface area contributed by atoms with Crippen molar-refractivity contribution in [2.45, 2.75) is 53.0 Å². The number of nitrogens with zero attached hydrogens (tertiary/aromatic N) is 1. The molecule has 94 valence electrons. The van der Waals surface area contributed by atoms with Gasteiger partial charge in [0, 0.05) is 12.6 Å². The van der Waals surface area contributed by atoms with Crippen LogP contribution in [0.3, 0.4) is 0 Å². The minimum absolute atomic E-state index is 0.519.